The summed E-state index contributed by atoms with van der Waals surface area (Å²) < 4.78 is 0. The largest absolute Gasteiger partial charge is 0.508 e. The van der Waals surface area contributed by atoms with Crippen LogP contribution in [0.3, 0.4) is 0 Å². The minimum atomic E-state index is 0.0680. The summed E-state index contributed by atoms with van der Waals surface area (Å²) in [6.07, 6.45) is 2.18. The van der Waals surface area contributed by atoms with Crippen LogP contribution in [-0.2, 0) is 6.54 Å². The molecule has 0 unspecified atom stereocenters. The maximum absolute atomic E-state index is 12.7. The highest BCUT2D eigenvalue weighted by molar-refractivity contribution is 7.09. The number of carbonyl (C=O) groups excluding carboxylic acids is 1. The third kappa shape index (κ3) is 2.70. The van der Waals surface area contributed by atoms with Gasteiger partial charge in [-0.1, -0.05) is 6.07 Å². The Morgan fingerprint density at radius 1 is 1.40 bits per heavy atom. The molecule has 1 fully saturated rings. The van der Waals surface area contributed by atoms with Crippen molar-refractivity contribution in [3.05, 3.63) is 51.7 Å². The van der Waals surface area contributed by atoms with Crippen LogP contribution in [-0.4, -0.2) is 22.0 Å². The molecule has 1 saturated carbocycles. The first-order valence-electron chi connectivity index (χ1n) is 6.78. The Hall–Kier alpha value is -1.81. The normalized spacial score (nSPS) is 14.2. The van der Waals surface area contributed by atoms with E-state index in [4.69, 9.17) is 0 Å². The molecule has 0 aliphatic heterocycles. The molecule has 1 aromatic carbocycles. The van der Waals surface area contributed by atoms with Gasteiger partial charge in [-0.15, -0.1) is 11.3 Å². The first-order valence-corrected chi connectivity index (χ1v) is 7.66. The molecule has 0 spiro atoms. The monoisotopic (exact) mass is 287 g/mol. The van der Waals surface area contributed by atoms with Gasteiger partial charge in [-0.25, -0.2) is 0 Å². The minimum absolute atomic E-state index is 0.0680. The van der Waals surface area contributed by atoms with Gasteiger partial charge in [0.15, 0.2) is 0 Å². The van der Waals surface area contributed by atoms with Crippen LogP contribution in [0.1, 0.15) is 33.6 Å². The van der Waals surface area contributed by atoms with Gasteiger partial charge in [-0.3, -0.25) is 4.79 Å². The van der Waals surface area contributed by atoms with E-state index in [0.717, 1.165) is 18.4 Å². The van der Waals surface area contributed by atoms with Crippen LogP contribution >= 0.6 is 11.3 Å². The van der Waals surface area contributed by atoms with Gasteiger partial charge in [-0.2, -0.15) is 0 Å². The number of benzene rings is 1. The van der Waals surface area contributed by atoms with Gasteiger partial charge >= 0.3 is 0 Å². The van der Waals surface area contributed by atoms with Crippen molar-refractivity contribution in [3.8, 4) is 5.75 Å². The molecule has 0 atom stereocenters. The first-order chi connectivity index (χ1) is 9.65. The number of rotatable bonds is 4. The number of thiophene rings is 1. The van der Waals surface area contributed by atoms with Crippen LogP contribution in [0.25, 0.3) is 0 Å². The van der Waals surface area contributed by atoms with E-state index in [9.17, 15) is 9.90 Å². The van der Waals surface area contributed by atoms with Crippen LogP contribution in [0.15, 0.2) is 35.7 Å². The van der Waals surface area contributed by atoms with Crippen LogP contribution in [0.4, 0.5) is 0 Å². The number of phenolic OH excluding ortho intramolecular Hbond substituents is 1. The number of nitrogens with zero attached hydrogens (tertiary/aromatic N) is 1. The number of carbonyl (C=O) groups is 1. The van der Waals surface area contributed by atoms with Gasteiger partial charge < -0.3 is 10.0 Å². The summed E-state index contributed by atoms with van der Waals surface area (Å²) in [6, 6.07) is 9.40. The van der Waals surface area contributed by atoms with E-state index in [0.29, 0.717) is 18.2 Å². The fraction of sp³-hybridized carbons (Fsp3) is 0.312. The van der Waals surface area contributed by atoms with E-state index in [1.165, 1.54) is 4.88 Å². The molecular weight excluding hydrogens is 270 g/mol. The summed E-state index contributed by atoms with van der Waals surface area (Å²) in [5.74, 6) is 0.272. The van der Waals surface area contributed by atoms with Gasteiger partial charge in [0.05, 0.1) is 6.54 Å². The predicted molar refractivity (Wildman–Crippen MR) is 80.1 cm³/mol. The molecule has 2 aromatic rings. The second-order valence-corrected chi connectivity index (χ2v) is 6.28. The lowest BCUT2D eigenvalue weighted by molar-refractivity contribution is 0.0731. The van der Waals surface area contributed by atoms with Crippen molar-refractivity contribution in [1.82, 2.24) is 4.90 Å². The summed E-state index contributed by atoms with van der Waals surface area (Å²) in [6.45, 7) is 2.55. The maximum Gasteiger partial charge on any atom is 0.254 e. The first kappa shape index (κ1) is 13.2. The van der Waals surface area contributed by atoms with Crippen molar-refractivity contribution in [2.24, 2.45) is 0 Å². The van der Waals surface area contributed by atoms with Gasteiger partial charge in [0.1, 0.15) is 5.75 Å². The zero-order chi connectivity index (χ0) is 14.1. The second kappa shape index (κ2) is 5.29. The Morgan fingerprint density at radius 2 is 2.20 bits per heavy atom. The molecule has 0 bridgehead atoms. The van der Waals surface area contributed by atoms with Crippen LogP contribution in [0, 0.1) is 6.92 Å². The fourth-order valence-electron chi connectivity index (χ4n) is 2.37. The van der Waals surface area contributed by atoms with E-state index >= 15 is 0 Å². The lowest BCUT2D eigenvalue weighted by atomic mass is 10.1. The number of hydrogen-bond donors (Lipinski definition) is 1. The fourth-order valence-corrected chi connectivity index (χ4v) is 3.07. The number of aromatic hydroxyl groups is 1. The third-order valence-corrected chi connectivity index (χ3v) is 4.46. The Bertz CT molecular complexity index is 617. The van der Waals surface area contributed by atoms with Crippen molar-refractivity contribution in [2.75, 3.05) is 0 Å². The molecule has 1 N–H and O–H groups in total. The van der Waals surface area contributed by atoms with Gasteiger partial charge in [0, 0.05) is 16.5 Å². The van der Waals surface area contributed by atoms with E-state index in [-0.39, 0.29) is 11.7 Å². The maximum atomic E-state index is 12.7. The van der Waals surface area contributed by atoms with Crippen molar-refractivity contribution < 1.29 is 9.90 Å². The van der Waals surface area contributed by atoms with Crippen molar-refractivity contribution in [2.45, 2.75) is 32.4 Å². The molecule has 3 nitrogen and oxygen atoms in total. The Morgan fingerprint density at radius 3 is 2.80 bits per heavy atom. The molecule has 0 radical (unpaired) electrons. The van der Waals surface area contributed by atoms with Crippen LogP contribution in [0.2, 0.25) is 0 Å². The van der Waals surface area contributed by atoms with Crippen LogP contribution in [0.5, 0.6) is 5.75 Å². The summed E-state index contributed by atoms with van der Waals surface area (Å²) >= 11 is 1.68. The molecule has 1 aliphatic rings. The Kier molecular flexibility index (Phi) is 3.49. The molecule has 0 saturated heterocycles. The molecule has 1 aliphatic carbocycles. The number of amides is 1. The quantitative estimate of drug-likeness (QED) is 0.934. The highest BCUT2D eigenvalue weighted by Gasteiger charge is 2.33. The molecule has 3 rings (SSSR count). The van der Waals surface area contributed by atoms with Crippen molar-refractivity contribution in [3.63, 3.8) is 0 Å². The van der Waals surface area contributed by atoms with Crippen molar-refractivity contribution >= 4 is 17.2 Å². The average Bonchev–Trinajstić information content (AvgIpc) is 3.12. The second-order valence-electron chi connectivity index (χ2n) is 5.24. The molecule has 1 heterocycles. The summed E-state index contributed by atoms with van der Waals surface area (Å²) in [5.41, 5.74) is 1.51. The number of aryl methyl sites for hydroxylation is 1. The lowest BCUT2D eigenvalue weighted by Gasteiger charge is -2.22. The summed E-state index contributed by atoms with van der Waals surface area (Å²) in [5, 5.41) is 11.5. The molecule has 104 valence electrons. The Labute approximate surface area is 122 Å². The highest BCUT2D eigenvalue weighted by atomic mass is 32.1. The van der Waals surface area contributed by atoms with Crippen LogP contribution < -0.4 is 0 Å². The number of hydrogen-bond acceptors (Lipinski definition) is 3. The number of phenols is 1. The summed E-state index contributed by atoms with van der Waals surface area (Å²) in [7, 11) is 0. The molecule has 20 heavy (non-hydrogen) atoms. The van der Waals surface area contributed by atoms with E-state index in [1.54, 1.807) is 29.5 Å². The van der Waals surface area contributed by atoms with Gasteiger partial charge in [0.25, 0.3) is 5.91 Å². The standard InChI is InChI=1S/C16H17NO2S/c1-11-9-13(18)6-7-15(11)16(19)17(12-4-5-12)10-14-3-2-8-20-14/h2-3,6-9,12,18H,4-5,10H2,1H3. The van der Waals surface area contributed by atoms with E-state index in [2.05, 4.69) is 6.07 Å². The van der Waals surface area contributed by atoms with Crippen molar-refractivity contribution in [1.29, 1.82) is 0 Å². The highest BCUT2D eigenvalue weighted by Crippen LogP contribution is 2.31. The smallest absolute Gasteiger partial charge is 0.254 e. The zero-order valence-electron chi connectivity index (χ0n) is 11.4. The Balaban J connectivity index is 1.85. The van der Waals surface area contributed by atoms with Gasteiger partial charge in [0.2, 0.25) is 0 Å². The lowest BCUT2D eigenvalue weighted by Crippen LogP contribution is -2.32. The summed E-state index contributed by atoms with van der Waals surface area (Å²) in [4.78, 5) is 15.9. The third-order valence-electron chi connectivity index (χ3n) is 3.60. The molecular formula is C16H17NO2S. The van der Waals surface area contributed by atoms with E-state index < -0.39 is 0 Å². The molecule has 4 heteroatoms. The van der Waals surface area contributed by atoms with E-state index in [1.807, 2.05) is 23.3 Å². The van der Waals surface area contributed by atoms with Gasteiger partial charge in [-0.05, 0) is 55.0 Å². The predicted octanol–water partition coefficient (Wildman–Crippen LogP) is 3.57. The minimum Gasteiger partial charge on any atom is -0.508 e. The SMILES string of the molecule is Cc1cc(O)ccc1C(=O)N(Cc1cccs1)C1CC1. The molecule has 1 amide bonds. The topological polar surface area (TPSA) is 40.5 Å². The zero-order valence-corrected chi connectivity index (χ0v) is 12.2. The molecule has 1 aromatic heterocycles. The average molecular weight is 287 g/mol.